The third-order valence-corrected chi connectivity index (χ3v) is 4.52. The maximum absolute atomic E-state index is 12.5. The molecule has 0 aromatic heterocycles. The molecule has 3 N–H and O–H groups in total. The second-order valence-electron chi connectivity index (χ2n) is 4.89. The van der Waals surface area contributed by atoms with Crippen molar-refractivity contribution in [2.24, 2.45) is 0 Å². The molecule has 0 aliphatic heterocycles. The number of likely N-dealkylation sites (N-methyl/N-ethyl adjacent to an activating group) is 1. The van der Waals surface area contributed by atoms with Crippen molar-refractivity contribution in [3.8, 4) is 5.75 Å². The van der Waals surface area contributed by atoms with Crippen molar-refractivity contribution in [1.82, 2.24) is 9.62 Å². The summed E-state index contributed by atoms with van der Waals surface area (Å²) in [4.78, 5) is 11.6. The molecule has 0 aliphatic rings. The Balaban J connectivity index is 3.05. The Hall–Kier alpha value is -1.80. The second kappa shape index (κ2) is 6.77. The van der Waals surface area contributed by atoms with Gasteiger partial charge in [0.2, 0.25) is 15.9 Å². The summed E-state index contributed by atoms with van der Waals surface area (Å²) in [5.41, 5.74) is 5.93. The Labute approximate surface area is 125 Å². The number of hydrogen-bond donors (Lipinski definition) is 2. The first-order chi connectivity index (χ1) is 9.68. The van der Waals surface area contributed by atoms with Gasteiger partial charge in [0.05, 0.1) is 13.7 Å². The molecule has 118 valence electrons. The van der Waals surface area contributed by atoms with Crippen LogP contribution in [0.15, 0.2) is 23.1 Å². The molecule has 1 aromatic rings. The van der Waals surface area contributed by atoms with Crippen molar-refractivity contribution < 1.29 is 17.9 Å². The molecule has 0 saturated heterocycles. The van der Waals surface area contributed by atoms with E-state index in [4.69, 9.17) is 10.5 Å². The molecule has 1 amide bonds. The van der Waals surface area contributed by atoms with Crippen LogP contribution in [0.25, 0.3) is 0 Å². The summed E-state index contributed by atoms with van der Waals surface area (Å²) in [5, 5.41) is 2.64. The summed E-state index contributed by atoms with van der Waals surface area (Å²) < 4.78 is 31.0. The Morgan fingerprint density at radius 1 is 1.43 bits per heavy atom. The number of anilines is 1. The molecule has 1 rings (SSSR count). The van der Waals surface area contributed by atoms with E-state index in [1.54, 1.807) is 19.9 Å². The van der Waals surface area contributed by atoms with Gasteiger partial charge >= 0.3 is 0 Å². The largest absolute Gasteiger partial charge is 0.495 e. The zero-order chi connectivity index (χ0) is 16.2. The predicted molar refractivity (Wildman–Crippen MR) is 80.5 cm³/mol. The highest BCUT2D eigenvalue weighted by Crippen LogP contribution is 2.28. The minimum absolute atomic E-state index is 0.0597. The van der Waals surface area contributed by atoms with E-state index in [2.05, 4.69) is 5.32 Å². The lowest BCUT2D eigenvalue weighted by molar-refractivity contribution is -0.121. The molecule has 0 heterocycles. The molecule has 0 radical (unpaired) electrons. The number of benzene rings is 1. The maximum atomic E-state index is 12.5. The number of carbonyl (C=O) groups excluding carboxylic acids is 1. The van der Waals surface area contributed by atoms with Gasteiger partial charge in [0.15, 0.2) is 0 Å². The Kier molecular flexibility index (Phi) is 5.56. The number of hydrogen-bond acceptors (Lipinski definition) is 5. The van der Waals surface area contributed by atoms with Crippen LogP contribution in [0.4, 0.5) is 5.69 Å². The molecular formula is C13H21N3O4S. The predicted octanol–water partition coefficient (Wildman–Crippen LogP) is 0.423. The highest BCUT2D eigenvalue weighted by atomic mass is 32.2. The molecule has 8 heteroatoms. The van der Waals surface area contributed by atoms with Gasteiger partial charge in [-0.3, -0.25) is 4.79 Å². The lowest BCUT2D eigenvalue weighted by Crippen LogP contribution is -2.40. The number of nitrogen functional groups attached to an aromatic ring is 1. The molecule has 0 saturated carbocycles. The fourth-order valence-corrected chi connectivity index (χ4v) is 3.03. The first-order valence-corrected chi connectivity index (χ1v) is 7.81. The fraction of sp³-hybridized carbons (Fsp3) is 0.462. The van der Waals surface area contributed by atoms with Crippen molar-refractivity contribution >= 4 is 21.6 Å². The third-order valence-electron chi connectivity index (χ3n) is 2.69. The number of methoxy groups -OCH3 is 1. The van der Waals surface area contributed by atoms with Crippen LogP contribution in [0.1, 0.15) is 13.8 Å². The zero-order valence-electron chi connectivity index (χ0n) is 12.6. The smallest absolute Gasteiger partial charge is 0.247 e. The SMILES string of the molecule is COc1ccc(N)cc1S(=O)(=O)N(C)CC(=O)NC(C)C. The van der Waals surface area contributed by atoms with E-state index in [1.807, 2.05) is 0 Å². The fourth-order valence-electron chi connectivity index (χ4n) is 1.72. The summed E-state index contributed by atoms with van der Waals surface area (Å²) in [6.07, 6.45) is 0. The van der Waals surface area contributed by atoms with Crippen LogP contribution in [0.5, 0.6) is 5.75 Å². The van der Waals surface area contributed by atoms with E-state index in [0.29, 0.717) is 5.69 Å². The average Bonchev–Trinajstić information content (AvgIpc) is 2.37. The molecule has 0 fully saturated rings. The lowest BCUT2D eigenvalue weighted by Gasteiger charge is -2.19. The molecule has 0 unspecified atom stereocenters. The average molecular weight is 315 g/mol. The molecule has 0 spiro atoms. The third kappa shape index (κ3) is 4.33. The monoisotopic (exact) mass is 315 g/mol. The number of amides is 1. The van der Waals surface area contributed by atoms with Crippen molar-refractivity contribution in [3.63, 3.8) is 0 Å². The number of nitrogens with zero attached hydrogens (tertiary/aromatic N) is 1. The van der Waals surface area contributed by atoms with Crippen LogP contribution in [0, 0.1) is 0 Å². The first-order valence-electron chi connectivity index (χ1n) is 6.37. The number of carbonyl (C=O) groups is 1. The van der Waals surface area contributed by atoms with Crippen molar-refractivity contribution in [3.05, 3.63) is 18.2 Å². The van der Waals surface area contributed by atoms with Gasteiger partial charge in [-0.2, -0.15) is 4.31 Å². The number of nitrogens with two attached hydrogens (primary N) is 1. The number of rotatable bonds is 6. The van der Waals surface area contributed by atoms with Crippen LogP contribution >= 0.6 is 0 Å². The molecule has 21 heavy (non-hydrogen) atoms. The Morgan fingerprint density at radius 3 is 2.57 bits per heavy atom. The summed E-state index contributed by atoms with van der Waals surface area (Å²) in [6.45, 7) is 3.32. The van der Waals surface area contributed by atoms with Crippen molar-refractivity contribution in [2.45, 2.75) is 24.8 Å². The van der Waals surface area contributed by atoms with Gasteiger partial charge in [0.1, 0.15) is 10.6 Å². The number of nitrogens with one attached hydrogen (secondary N) is 1. The number of ether oxygens (including phenoxy) is 1. The summed E-state index contributed by atoms with van der Waals surface area (Å²) in [7, 11) is -1.17. The van der Waals surface area contributed by atoms with E-state index >= 15 is 0 Å². The van der Waals surface area contributed by atoms with Crippen LogP contribution in [0.3, 0.4) is 0 Å². The molecule has 0 aliphatic carbocycles. The lowest BCUT2D eigenvalue weighted by atomic mass is 10.3. The van der Waals surface area contributed by atoms with Gasteiger partial charge in [-0.1, -0.05) is 0 Å². The molecular weight excluding hydrogens is 294 g/mol. The quantitative estimate of drug-likeness (QED) is 0.741. The highest BCUT2D eigenvalue weighted by molar-refractivity contribution is 7.89. The van der Waals surface area contributed by atoms with Gasteiger partial charge < -0.3 is 15.8 Å². The highest BCUT2D eigenvalue weighted by Gasteiger charge is 2.26. The van der Waals surface area contributed by atoms with Gasteiger partial charge in [-0.15, -0.1) is 0 Å². The molecule has 7 nitrogen and oxygen atoms in total. The van der Waals surface area contributed by atoms with Crippen molar-refractivity contribution in [2.75, 3.05) is 26.4 Å². The maximum Gasteiger partial charge on any atom is 0.247 e. The van der Waals surface area contributed by atoms with Gasteiger partial charge in [0, 0.05) is 18.8 Å². The van der Waals surface area contributed by atoms with E-state index in [-0.39, 0.29) is 29.1 Å². The molecule has 0 bridgehead atoms. The van der Waals surface area contributed by atoms with E-state index in [1.165, 1.54) is 26.3 Å². The van der Waals surface area contributed by atoms with Crippen LogP contribution < -0.4 is 15.8 Å². The molecule has 1 aromatic carbocycles. The minimum Gasteiger partial charge on any atom is -0.495 e. The van der Waals surface area contributed by atoms with Crippen molar-refractivity contribution in [1.29, 1.82) is 0 Å². The van der Waals surface area contributed by atoms with E-state index in [9.17, 15) is 13.2 Å². The van der Waals surface area contributed by atoms with E-state index < -0.39 is 10.0 Å². The van der Waals surface area contributed by atoms with Gasteiger partial charge in [-0.05, 0) is 32.0 Å². The van der Waals surface area contributed by atoms with Crippen LogP contribution in [-0.2, 0) is 14.8 Å². The normalized spacial score (nSPS) is 11.7. The zero-order valence-corrected chi connectivity index (χ0v) is 13.4. The minimum atomic E-state index is -3.87. The number of sulfonamides is 1. The Morgan fingerprint density at radius 2 is 2.05 bits per heavy atom. The molecule has 0 atom stereocenters. The van der Waals surface area contributed by atoms with Crippen LogP contribution in [0.2, 0.25) is 0 Å². The Bertz CT molecular complexity index is 614. The summed E-state index contributed by atoms with van der Waals surface area (Å²) in [5.74, 6) is -0.195. The first kappa shape index (κ1) is 17.3. The van der Waals surface area contributed by atoms with Gasteiger partial charge in [-0.25, -0.2) is 8.42 Å². The second-order valence-corrected chi connectivity index (χ2v) is 6.91. The van der Waals surface area contributed by atoms with Gasteiger partial charge in [0.25, 0.3) is 0 Å². The topological polar surface area (TPSA) is 102 Å². The van der Waals surface area contributed by atoms with Crippen LogP contribution in [-0.4, -0.2) is 45.4 Å². The summed E-state index contributed by atoms with van der Waals surface area (Å²) in [6, 6.07) is 4.27. The van der Waals surface area contributed by atoms with E-state index in [0.717, 1.165) is 4.31 Å². The standard InChI is InChI=1S/C13H21N3O4S/c1-9(2)15-13(17)8-16(3)21(18,19)12-7-10(14)5-6-11(12)20-4/h5-7,9H,8,14H2,1-4H3,(H,15,17). The summed E-state index contributed by atoms with van der Waals surface area (Å²) >= 11 is 0.